The molecular weight excluding hydrogens is 146 g/mol. The third-order valence-electron chi connectivity index (χ3n) is 0.123. The monoisotopic (exact) mass is 148 g/mol. The van der Waals surface area contributed by atoms with Gasteiger partial charge in [0, 0.05) is 6.66 Å². The summed E-state index contributed by atoms with van der Waals surface area (Å²) in [6, 6.07) is 0. The van der Waals surface area contributed by atoms with Gasteiger partial charge in [0.05, 0.1) is 11.9 Å². The Morgan fingerprint density at radius 1 is 1.83 bits per heavy atom. The SMILES string of the molecule is CP(=O)(Cl)OCl. The Balaban J connectivity index is 3.48. The Hall–Kier alpha value is 0.770. The van der Waals surface area contributed by atoms with Crippen molar-refractivity contribution in [2.45, 2.75) is 0 Å². The molecule has 0 spiro atoms. The molecule has 0 aliphatic carbocycles. The van der Waals surface area contributed by atoms with Crippen LogP contribution in [0.4, 0.5) is 0 Å². The maximum atomic E-state index is 9.99. The summed E-state index contributed by atoms with van der Waals surface area (Å²) in [5, 5.41) is 0. The minimum absolute atomic E-state index is 1.21. The second kappa shape index (κ2) is 2.17. The van der Waals surface area contributed by atoms with E-state index in [0.717, 1.165) is 0 Å². The van der Waals surface area contributed by atoms with E-state index in [9.17, 15) is 4.57 Å². The largest absolute Gasteiger partial charge is 0.303 e. The van der Waals surface area contributed by atoms with Crippen LogP contribution in [0.15, 0.2) is 0 Å². The molecule has 0 rings (SSSR count). The van der Waals surface area contributed by atoms with Gasteiger partial charge in [-0.2, -0.15) is 0 Å². The van der Waals surface area contributed by atoms with Crippen LogP contribution in [0.2, 0.25) is 0 Å². The fourth-order valence-electron chi connectivity index (χ4n) is 0. The smallest absolute Gasteiger partial charge is 0.274 e. The van der Waals surface area contributed by atoms with Crippen LogP contribution in [-0.4, -0.2) is 6.66 Å². The molecule has 0 aromatic carbocycles. The van der Waals surface area contributed by atoms with Gasteiger partial charge in [0.25, 0.3) is 0 Å². The molecule has 0 N–H and O–H groups in total. The number of halogens is 2. The molecule has 6 heavy (non-hydrogen) atoms. The Labute approximate surface area is 45.8 Å². The molecule has 0 aromatic heterocycles. The van der Waals surface area contributed by atoms with E-state index >= 15 is 0 Å². The number of rotatable bonds is 1. The first-order valence-electron chi connectivity index (χ1n) is 1.14. The van der Waals surface area contributed by atoms with E-state index in [1.54, 1.807) is 0 Å². The lowest BCUT2D eigenvalue weighted by Crippen LogP contribution is -1.58. The van der Waals surface area contributed by atoms with E-state index in [2.05, 4.69) is 15.9 Å². The summed E-state index contributed by atoms with van der Waals surface area (Å²) in [6.45, 7) is -1.70. The van der Waals surface area contributed by atoms with Crippen LogP contribution in [0, 0.1) is 0 Å². The van der Waals surface area contributed by atoms with E-state index in [4.69, 9.17) is 11.2 Å². The highest BCUT2D eigenvalue weighted by Gasteiger charge is 2.06. The lowest BCUT2D eigenvalue weighted by molar-refractivity contribution is 0.525. The summed E-state index contributed by atoms with van der Waals surface area (Å²) in [4.78, 5) is 0. The Morgan fingerprint density at radius 2 is 2.00 bits per heavy atom. The van der Waals surface area contributed by atoms with Crippen LogP contribution in [0.25, 0.3) is 0 Å². The van der Waals surface area contributed by atoms with Crippen LogP contribution < -0.4 is 0 Å². The summed E-state index contributed by atoms with van der Waals surface area (Å²) in [7, 11) is 0. The molecule has 38 valence electrons. The van der Waals surface area contributed by atoms with Gasteiger partial charge < -0.3 is 0 Å². The van der Waals surface area contributed by atoms with Gasteiger partial charge in [0.1, 0.15) is 0 Å². The summed E-state index contributed by atoms with van der Waals surface area (Å²) in [5.74, 6) is 0. The molecule has 0 radical (unpaired) electrons. The molecule has 0 heterocycles. The van der Waals surface area contributed by atoms with E-state index in [1.165, 1.54) is 6.66 Å². The normalized spacial score (nSPS) is 19.8. The fraction of sp³-hybridized carbons (Fsp3) is 1.00. The van der Waals surface area contributed by atoms with Gasteiger partial charge in [-0.15, -0.1) is 0 Å². The van der Waals surface area contributed by atoms with E-state index < -0.39 is 6.72 Å². The van der Waals surface area contributed by atoms with Crippen LogP contribution in [0.5, 0.6) is 0 Å². The standard InChI is InChI=1S/CH3Cl2O2P/c1-6(3,4)5-2/h1H3. The summed E-state index contributed by atoms with van der Waals surface area (Å²) >= 11 is 9.50. The van der Waals surface area contributed by atoms with Crippen LogP contribution in [0.1, 0.15) is 0 Å². The molecule has 5 heteroatoms. The summed E-state index contributed by atoms with van der Waals surface area (Å²) < 4.78 is 13.7. The van der Waals surface area contributed by atoms with E-state index in [1.807, 2.05) is 0 Å². The molecule has 0 saturated carbocycles. The Morgan fingerprint density at radius 3 is 2.00 bits per heavy atom. The van der Waals surface area contributed by atoms with E-state index in [-0.39, 0.29) is 0 Å². The van der Waals surface area contributed by atoms with Gasteiger partial charge in [0.15, 0.2) is 0 Å². The first-order valence-corrected chi connectivity index (χ1v) is 4.42. The van der Waals surface area contributed by atoms with Crippen LogP contribution in [0.3, 0.4) is 0 Å². The maximum Gasteiger partial charge on any atom is 0.303 e. The van der Waals surface area contributed by atoms with Crippen molar-refractivity contribution in [2.24, 2.45) is 0 Å². The Bertz CT molecular complexity index is 75.6. The maximum absolute atomic E-state index is 9.99. The highest BCUT2D eigenvalue weighted by molar-refractivity contribution is 7.85. The second-order valence-corrected chi connectivity index (χ2v) is 4.70. The molecule has 0 amide bonds. The highest BCUT2D eigenvalue weighted by Crippen LogP contribution is 2.49. The first-order chi connectivity index (χ1) is 2.56. The van der Waals surface area contributed by atoms with Crippen molar-refractivity contribution in [3.05, 3.63) is 0 Å². The van der Waals surface area contributed by atoms with E-state index in [0.29, 0.717) is 0 Å². The van der Waals surface area contributed by atoms with Gasteiger partial charge in [-0.25, -0.2) is 4.08 Å². The zero-order chi connectivity index (χ0) is 5.21. The predicted molar refractivity (Wildman–Crippen MR) is 26.3 cm³/mol. The molecule has 0 aliphatic heterocycles. The topological polar surface area (TPSA) is 26.3 Å². The number of hydrogen-bond acceptors (Lipinski definition) is 2. The molecule has 0 saturated heterocycles. The lowest BCUT2D eigenvalue weighted by atomic mass is 12.0. The predicted octanol–water partition coefficient (Wildman–Crippen LogP) is 2.22. The van der Waals surface area contributed by atoms with Crippen molar-refractivity contribution in [2.75, 3.05) is 6.66 Å². The number of hydrogen-bond donors (Lipinski definition) is 0. The molecular formula is CH3Cl2O2P. The molecule has 0 bridgehead atoms. The Kier molecular flexibility index (Phi) is 2.45. The van der Waals surface area contributed by atoms with Crippen molar-refractivity contribution in [1.29, 1.82) is 0 Å². The van der Waals surface area contributed by atoms with Crippen molar-refractivity contribution in [1.82, 2.24) is 0 Å². The van der Waals surface area contributed by atoms with Gasteiger partial charge in [-0.1, -0.05) is 0 Å². The molecule has 1 atom stereocenters. The molecule has 0 aromatic rings. The molecule has 2 nitrogen and oxygen atoms in total. The zero-order valence-corrected chi connectivity index (χ0v) is 5.43. The minimum Gasteiger partial charge on any atom is -0.274 e. The third kappa shape index (κ3) is 4.77. The van der Waals surface area contributed by atoms with Crippen molar-refractivity contribution >= 4 is 29.8 Å². The average Bonchev–Trinajstić information content (AvgIpc) is 1.35. The summed E-state index contributed by atoms with van der Waals surface area (Å²) in [5.41, 5.74) is 0. The summed E-state index contributed by atoms with van der Waals surface area (Å²) in [6.07, 6.45) is 0. The minimum atomic E-state index is -2.91. The van der Waals surface area contributed by atoms with Gasteiger partial charge in [-0.3, -0.25) is 4.57 Å². The van der Waals surface area contributed by atoms with Crippen molar-refractivity contribution in [3.8, 4) is 0 Å². The lowest BCUT2D eigenvalue weighted by Gasteiger charge is -1.90. The molecule has 1 unspecified atom stereocenters. The zero-order valence-electron chi connectivity index (χ0n) is 3.02. The van der Waals surface area contributed by atoms with Gasteiger partial charge in [0.2, 0.25) is 0 Å². The van der Waals surface area contributed by atoms with Gasteiger partial charge in [-0.05, 0) is 11.2 Å². The molecule has 0 fully saturated rings. The third-order valence-corrected chi connectivity index (χ3v) is 1.58. The second-order valence-electron chi connectivity index (χ2n) is 0.816. The quantitative estimate of drug-likeness (QED) is 0.534. The van der Waals surface area contributed by atoms with Crippen molar-refractivity contribution < 1.29 is 8.64 Å². The van der Waals surface area contributed by atoms with Crippen LogP contribution in [-0.2, 0) is 8.64 Å². The first kappa shape index (κ1) is 6.77. The average molecular weight is 149 g/mol. The fourth-order valence-corrected chi connectivity index (χ4v) is 0. The van der Waals surface area contributed by atoms with Crippen molar-refractivity contribution in [3.63, 3.8) is 0 Å². The van der Waals surface area contributed by atoms with Gasteiger partial charge >= 0.3 is 6.72 Å². The van der Waals surface area contributed by atoms with Crippen LogP contribution >= 0.6 is 29.8 Å². The highest BCUT2D eigenvalue weighted by atomic mass is 35.7. The molecule has 0 aliphatic rings.